The van der Waals surface area contributed by atoms with Gasteiger partial charge >= 0.3 is 6.18 Å². The molecule has 0 atom stereocenters. The molecule has 35 heavy (non-hydrogen) atoms. The summed E-state index contributed by atoms with van der Waals surface area (Å²) >= 11 is 0. The summed E-state index contributed by atoms with van der Waals surface area (Å²) in [5.74, 6) is 1.90. The minimum atomic E-state index is -4.49. The Bertz CT molecular complexity index is 1220. The third-order valence-electron chi connectivity index (χ3n) is 5.50. The number of ether oxygens (including phenoxy) is 4. The van der Waals surface area contributed by atoms with Crippen LogP contribution < -0.4 is 20.5 Å². The van der Waals surface area contributed by atoms with E-state index in [2.05, 4.69) is 15.3 Å². The molecule has 11 heteroatoms. The second-order valence-electron chi connectivity index (χ2n) is 8.59. The molecule has 0 saturated carbocycles. The number of rotatable bonds is 9. The van der Waals surface area contributed by atoms with Gasteiger partial charge < -0.3 is 30.0 Å². The summed E-state index contributed by atoms with van der Waals surface area (Å²) in [5, 5.41) is 3.74. The third kappa shape index (κ3) is 5.85. The van der Waals surface area contributed by atoms with Crippen LogP contribution >= 0.6 is 0 Å². The number of nitrogen functional groups attached to an aromatic ring is 1. The van der Waals surface area contributed by atoms with Crippen LogP contribution in [0.25, 0.3) is 10.9 Å². The number of anilines is 2. The Morgan fingerprint density at radius 2 is 1.86 bits per heavy atom. The number of nitrogens with one attached hydrogen (secondary N) is 1. The van der Waals surface area contributed by atoms with Gasteiger partial charge in [0.15, 0.2) is 11.5 Å². The van der Waals surface area contributed by atoms with Gasteiger partial charge in [-0.15, -0.1) is 0 Å². The topological polar surface area (TPSA) is 101 Å². The second-order valence-corrected chi connectivity index (χ2v) is 8.59. The van der Waals surface area contributed by atoms with Crippen LogP contribution in [0.4, 0.5) is 24.7 Å². The van der Waals surface area contributed by atoms with E-state index in [-0.39, 0.29) is 24.4 Å². The van der Waals surface area contributed by atoms with Crippen LogP contribution in [0, 0.1) is 6.92 Å². The zero-order chi connectivity index (χ0) is 25.2. The normalized spacial score (nSPS) is 15.0. The molecule has 1 saturated heterocycles. The molecule has 1 fully saturated rings. The number of methoxy groups -OCH3 is 1. The summed E-state index contributed by atoms with van der Waals surface area (Å²) in [6, 6.07) is 6.93. The molecular weight excluding hydrogens is 465 g/mol. The highest BCUT2D eigenvalue weighted by atomic mass is 19.4. The number of aryl methyl sites for hydroxylation is 1. The summed E-state index contributed by atoms with van der Waals surface area (Å²) in [5.41, 5.74) is 5.60. The first-order chi connectivity index (χ1) is 16.6. The minimum absolute atomic E-state index is 0.0327. The third-order valence-corrected chi connectivity index (χ3v) is 5.50. The van der Waals surface area contributed by atoms with Gasteiger partial charge in [0.25, 0.3) is 0 Å². The average Bonchev–Trinajstić information content (AvgIpc) is 2.77. The van der Waals surface area contributed by atoms with Gasteiger partial charge in [-0.25, -0.2) is 9.97 Å². The quantitative estimate of drug-likeness (QED) is 0.336. The summed E-state index contributed by atoms with van der Waals surface area (Å²) < 4.78 is 61.8. The Kier molecular flexibility index (Phi) is 6.91. The van der Waals surface area contributed by atoms with Crippen molar-refractivity contribution in [3.8, 4) is 11.5 Å². The lowest BCUT2D eigenvalue weighted by Crippen LogP contribution is -2.49. The Labute approximate surface area is 200 Å². The van der Waals surface area contributed by atoms with E-state index in [0.29, 0.717) is 59.4 Å². The number of aromatic nitrogens is 2. The Hall–Kier alpha value is -3.31. The van der Waals surface area contributed by atoms with Gasteiger partial charge in [-0.05, 0) is 43.7 Å². The van der Waals surface area contributed by atoms with Crippen molar-refractivity contribution in [3.05, 3.63) is 47.3 Å². The summed E-state index contributed by atoms with van der Waals surface area (Å²) in [7, 11) is 1.53. The van der Waals surface area contributed by atoms with Crippen molar-refractivity contribution < 1.29 is 32.1 Å². The van der Waals surface area contributed by atoms with Crippen molar-refractivity contribution in [1.29, 1.82) is 0 Å². The predicted octanol–water partition coefficient (Wildman–Crippen LogP) is 4.34. The van der Waals surface area contributed by atoms with Crippen LogP contribution in [0.1, 0.15) is 23.9 Å². The van der Waals surface area contributed by atoms with E-state index in [4.69, 9.17) is 24.7 Å². The molecule has 0 unspecified atom stereocenters. The van der Waals surface area contributed by atoms with Crippen molar-refractivity contribution in [3.63, 3.8) is 0 Å². The zero-order valence-electron chi connectivity index (χ0n) is 19.7. The number of nitrogens with two attached hydrogens (primary N) is 1. The number of benzene rings is 2. The van der Waals surface area contributed by atoms with Gasteiger partial charge in [0.05, 0.1) is 38.0 Å². The van der Waals surface area contributed by atoms with Crippen LogP contribution in [0.15, 0.2) is 30.3 Å². The fourth-order valence-electron chi connectivity index (χ4n) is 3.74. The maximum atomic E-state index is 13.2. The van der Waals surface area contributed by atoms with Gasteiger partial charge in [-0.2, -0.15) is 13.2 Å². The van der Waals surface area contributed by atoms with Crippen molar-refractivity contribution in [2.75, 3.05) is 44.6 Å². The van der Waals surface area contributed by atoms with Gasteiger partial charge in [-0.1, -0.05) is 0 Å². The molecule has 0 aliphatic carbocycles. The standard InChI is InChI=1S/C24H27F3N4O4/c1-14-30-19-10-20(32-3)21(34-4-5-35-23(2)12-33-13-23)9-18(19)22(31-14)29-11-15-6-16(24(25,26)27)8-17(28)7-15/h6-10H,4-5,11-13,28H2,1-3H3,(H,29,30,31). The highest BCUT2D eigenvalue weighted by Gasteiger charge is 2.34. The molecule has 0 bridgehead atoms. The Balaban J connectivity index is 1.55. The number of fused-ring (bicyclic) bond motifs is 1. The van der Waals surface area contributed by atoms with E-state index < -0.39 is 11.7 Å². The number of hydrogen-bond donors (Lipinski definition) is 2. The fourth-order valence-corrected chi connectivity index (χ4v) is 3.74. The smallest absolute Gasteiger partial charge is 0.416 e. The molecule has 1 aliphatic heterocycles. The van der Waals surface area contributed by atoms with Crippen molar-refractivity contribution >= 4 is 22.4 Å². The van der Waals surface area contributed by atoms with Gasteiger partial charge in [0.1, 0.15) is 23.9 Å². The minimum Gasteiger partial charge on any atom is -0.493 e. The maximum absolute atomic E-state index is 13.2. The monoisotopic (exact) mass is 492 g/mol. The van der Waals surface area contributed by atoms with E-state index in [0.717, 1.165) is 12.1 Å². The Morgan fingerprint density at radius 3 is 2.51 bits per heavy atom. The van der Waals surface area contributed by atoms with Gasteiger partial charge in [0.2, 0.25) is 0 Å². The molecule has 3 N–H and O–H groups in total. The van der Waals surface area contributed by atoms with Crippen molar-refractivity contribution in [2.45, 2.75) is 32.2 Å². The largest absolute Gasteiger partial charge is 0.493 e. The molecule has 2 aromatic carbocycles. The predicted molar refractivity (Wildman–Crippen MR) is 125 cm³/mol. The lowest BCUT2D eigenvalue weighted by atomic mass is 10.1. The van der Waals surface area contributed by atoms with E-state index >= 15 is 0 Å². The Morgan fingerprint density at radius 1 is 1.09 bits per heavy atom. The van der Waals surface area contributed by atoms with Crippen LogP contribution in [0.3, 0.4) is 0 Å². The highest BCUT2D eigenvalue weighted by Crippen LogP contribution is 2.35. The number of hydrogen-bond acceptors (Lipinski definition) is 8. The van der Waals surface area contributed by atoms with E-state index in [1.54, 1.807) is 19.1 Å². The van der Waals surface area contributed by atoms with Gasteiger partial charge in [0, 0.05) is 23.7 Å². The average molecular weight is 492 g/mol. The number of nitrogens with zero attached hydrogens (tertiary/aromatic N) is 2. The molecule has 2 heterocycles. The molecule has 188 valence electrons. The lowest BCUT2D eigenvalue weighted by Gasteiger charge is -2.37. The van der Waals surface area contributed by atoms with Crippen LogP contribution in [0.5, 0.6) is 11.5 Å². The van der Waals surface area contributed by atoms with E-state index in [1.807, 2.05) is 6.92 Å². The summed E-state index contributed by atoms with van der Waals surface area (Å²) in [6.07, 6.45) is -4.49. The maximum Gasteiger partial charge on any atom is 0.416 e. The fraction of sp³-hybridized carbons (Fsp3) is 0.417. The molecule has 0 amide bonds. The van der Waals surface area contributed by atoms with Crippen molar-refractivity contribution in [2.24, 2.45) is 0 Å². The summed E-state index contributed by atoms with van der Waals surface area (Å²) in [4.78, 5) is 8.90. The second kappa shape index (κ2) is 9.74. The first-order valence-electron chi connectivity index (χ1n) is 11.0. The first kappa shape index (κ1) is 24.8. The molecule has 1 aromatic heterocycles. The SMILES string of the molecule is COc1cc2nc(C)nc(NCc3cc(N)cc(C(F)(F)F)c3)c2cc1OCCOC1(C)COC1. The molecule has 4 rings (SSSR count). The van der Waals surface area contributed by atoms with Gasteiger partial charge in [-0.3, -0.25) is 0 Å². The number of halogens is 3. The van der Waals surface area contributed by atoms with E-state index in [1.165, 1.54) is 13.2 Å². The lowest BCUT2D eigenvalue weighted by molar-refractivity contribution is -0.201. The molecular formula is C24H27F3N4O4. The number of alkyl halides is 3. The molecule has 0 radical (unpaired) electrons. The molecule has 1 aliphatic rings. The van der Waals surface area contributed by atoms with Crippen molar-refractivity contribution in [1.82, 2.24) is 9.97 Å². The van der Waals surface area contributed by atoms with E-state index in [9.17, 15) is 13.2 Å². The molecule has 3 aromatic rings. The van der Waals surface area contributed by atoms with Crippen LogP contribution in [-0.4, -0.2) is 49.1 Å². The molecule has 0 spiro atoms. The highest BCUT2D eigenvalue weighted by molar-refractivity contribution is 5.91. The molecule has 8 nitrogen and oxygen atoms in total. The first-order valence-corrected chi connectivity index (χ1v) is 11.0. The van der Waals surface area contributed by atoms with Crippen LogP contribution in [0.2, 0.25) is 0 Å². The summed E-state index contributed by atoms with van der Waals surface area (Å²) in [6.45, 7) is 5.54. The van der Waals surface area contributed by atoms with Crippen LogP contribution in [-0.2, 0) is 22.2 Å². The zero-order valence-corrected chi connectivity index (χ0v) is 19.7.